The van der Waals surface area contributed by atoms with Gasteiger partial charge < -0.3 is 34.0 Å². The van der Waals surface area contributed by atoms with Gasteiger partial charge in [-0.1, -0.05) is 69.2 Å². The van der Waals surface area contributed by atoms with Crippen LogP contribution in [0, 0.1) is 29.6 Å². The van der Waals surface area contributed by atoms with E-state index in [0.717, 1.165) is 14.7 Å². The van der Waals surface area contributed by atoms with E-state index in [4.69, 9.17) is 14.2 Å². The molecule has 13 nitrogen and oxygen atoms in total. The van der Waals surface area contributed by atoms with Crippen LogP contribution in [0.4, 0.5) is 0 Å². The molecule has 1 N–H and O–H groups in total. The number of carbonyl (C=O) groups is 6. The van der Waals surface area contributed by atoms with Crippen LogP contribution in [0.3, 0.4) is 0 Å². The lowest BCUT2D eigenvalue weighted by molar-refractivity contribution is -0.181. The van der Waals surface area contributed by atoms with Gasteiger partial charge in [0.25, 0.3) is 17.7 Å². The van der Waals surface area contributed by atoms with E-state index in [9.17, 15) is 33.9 Å². The molecular weight excluding hydrogens is 574 g/mol. The molecular formula is C31H53N3O10. The van der Waals surface area contributed by atoms with Gasteiger partial charge in [-0.15, -0.1) is 0 Å². The van der Waals surface area contributed by atoms with E-state index in [1.807, 2.05) is 0 Å². The molecule has 6 atom stereocenters. The molecule has 3 amide bonds. The second-order valence-corrected chi connectivity index (χ2v) is 13.2. The molecule has 0 aliphatic carbocycles. The SMILES string of the molecule is CC(C)[C@H]1C(=O)O[C@H](C(C)C)C(=O)N(C)[C@@H](CO)C(=O)O[C@H](C(C)C)C(=O)N(C)[C@@H](C(C)C)C(=O)O[C@H](C(C)C)C(=O)N1C. The first kappa shape index (κ1) is 38.8. The number of amides is 3. The minimum atomic E-state index is -1.52. The number of nitrogens with zero attached hydrogens (tertiary/aromatic N) is 3. The van der Waals surface area contributed by atoms with Gasteiger partial charge in [-0.05, 0) is 29.6 Å². The van der Waals surface area contributed by atoms with Crippen molar-refractivity contribution in [3.8, 4) is 0 Å². The summed E-state index contributed by atoms with van der Waals surface area (Å²) < 4.78 is 17.0. The molecule has 13 heteroatoms. The predicted molar refractivity (Wildman–Crippen MR) is 161 cm³/mol. The van der Waals surface area contributed by atoms with Crippen molar-refractivity contribution in [3.63, 3.8) is 0 Å². The van der Waals surface area contributed by atoms with Gasteiger partial charge in [0.15, 0.2) is 24.4 Å². The van der Waals surface area contributed by atoms with Gasteiger partial charge in [-0.3, -0.25) is 14.4 Å². The highest BCUT2D eigenvalue weighted by atomic mass is 16.6. The summed E-state index contributed by atoms with van der Waals surface area (Å²) in [5, 5.41) is 10.1. The first-order chi connectivity index (χ1) is 20.2. The largest absolute Gasteiger partial charge is 0.450 e. The van der Waals surface area contributed by atoms with Crippen molar-refractivity contribution < 1.29 is 48.1 Å². The van der Waals surface area contributed by atoms with Gasteiger partial charge in [0, 0.05) is 21.1 Å². The summed E-state index contributed by atoms with van der Waals surface area (Å²) in [6.45, 7) is 15.9. The number of ether oxygens (including phenoxy) is 3. The number of aliphatic hydroxyl groups is 1. The van der Waals surface area contributed by atoms with Crippen LogP contribution in [0.25, 0.3) is 0 Å². The molecule has 0 aromatic heterocycles. The summed E-state index contributed by atoms with van der Waals surface area (Å²) in [5.41, 5.74) is 0. The van der Waals surface area contributed by atoms with Crippen LogP contribution in [-0.4, -0.2) is 120 Å². The lowest BCUT2D eigenvalue weighted by atomic mass is 9.98. The molecule has 0 unspecified atom stereocenters. The number of esters is 3. The summed E-state index contributed by atoms with van der Waals surface area (Å²) in [6, 6.07) is -3.84. The number of aliphatic hydroxyl groups excluding tert-OH is 1. The topological polar surface area (TPSA) is 160 Å². The second kappa shape index (κ2) is 16.2. The van der Waals surface area contributed by atoms with Crippen molar-refractivity contribution in [1.29, 1.82) is 0 Å². The number of hydrogen-bond acceptors (Lipinski definition) is 10. The standard InChI is InChI=1S/C31H53N3O10/c1-15(2)21-30(40)43-23(17(5)6)26(36)32(11)20(14-35)29(39)42-24(18(7)8)27(37)33(12)22(16(3)4)31(41)44-25(19(9)10)28(38)34(21)13/h15-25,35H,14H2,1-13H3/t20-,21-,22-,23+,24+,25+/m0/s1. The van der Waals surface area contributed by atoms with Crippen molar-refractivity contribution in [2.24, 2.45) is 29.6 Å². The average Bonchev–Trinajstić information content (AvgIpc) is 2.91. The Bertz CT molecular complexity index is 1050. The zero-order chi connectivity index (χ0) is 34.4. The Kier molecular flexibility index (Phi) is 14.3. The zero-order valence-electron chi connectivity index (χ0n) is 28.5. The smallest absolute Gasteiger partial charge is 0.332 e. The van der Waals surface area contributed by atoms with Crippen molar-refractivity contribution in [1.82, 2.24) is 14.7 Å². The minimum Gasteiger partial charge on any atom is -0.450 e. The maximum Gasteiger partial charge on any atom is 0.332 e. The highest BCUT2D eigenvalue weighted by molar-refractivity contribution is 5.94. The molecule has 1 aliphatic heterocycles. The summed E-state index contributed by atoms with van der Waals surface area (Å²) in [4.78, 5) is 84.9. The van der Waals surface area contributed by atoms with Crippen molar-refractivity contribution >= 4 is 35.6 Å². The van der Waals surface area contributed by atoms with E-state index < -0.39 is 108 Å². The maximum atomic E-state index is 13.8. The quantitative estimate of drug-likeness (QED) is 0.338. The molecule has 0 aromatic carbocycles. The van der Waals surface area contributed by atoms with Gasteiger partial charge in [-0.25, -0.2) is 14.4 Å². The van der Waals surface area contributed by atoms with E-state index in [-0.39, 0.29) is 0 Å². The van der Waals surface area contributed by atoms with Crippen LogP contribution in [0.15, 0.2) is 0 Å². The van der Waals surface area contributed by atoms with Crippen LogP contribution in [0.2, 0.25) is 0 Å². The van der Waals surface area contributed by atoms with E-state index in [1.54, 1.807) is 69.2 Å². The summed E-state index contributed by atoms with van der Waals surface area (Å²) in [5.74, 6) is -7.43. The average molecular weight is 628 g/mol. The van der Waals surface area contributed by atoms with Gasteiger partial charge in [0.05, 0.1) is 6.61 Å². The number of carbonyl (C=O) groups excluding carboxylic acids is 6. The van der Waals surface area contributed by atoms with E-state index in [2.05, 4.69) is 0 Å². The van der Waals surface area contributed by atoms with Crippen molar-refractivity contribution in [2.45, 2.75) is 106 Å². The highest BCUT2D eigenvalue weighted by Gasteiger charge is 2.44. The predicted octanol–water partition coefficient (Wildman–Crippen LogP) is 1.49. The van der Waals surface area contributed by atoms with Gasteiger partial charge in [-0.2, -0.15) is 0 Å². The third kappa shape index (κ3) is 8.92. The third-order valence-corrected chi connectivity index (χ3v) is 7.81. The molecule has 0 aromatic rings. The molecule has 1 rings (SSSR count). The number of likely N-dealkylation sites (N-methyl/N-ethyl adjacent to an activating group) is 3. The van der Waals surface area contributed by atoms with Crippen LogP contribution < -0.4 is 0 Å². The van der Waals surface area contributed by atoms with Crippen LogP contribution in [0.1, 0.15) is 69.2 Å². The lowest BCUT2D eigenvalue weighted by Crippen LogP contribution is -2.57. The van der Waals surface area contributed by atoms with Crippen LogP contribution in [0.5, 0.6) is 0 Å². The lowest BCUT2D eigenvalue weighted by Gasteiger charge is -2.37. The Morgan fingerprint density at radius 3 is 1.02 bits per heavy atom. The minimum absolute atomic E-state index is 0.466. The fourth-order valence-electron chi connectivity index (χ4n) is 5.15. The zero-order valence-corrected chi connectivity index (χ0v) is 28.5. The highest BCUT2D eigenvalue weighted by Crippen LogP contribution is 2.24. The maximum absolute atomic E-state index is 13.8. The normalized spacial score (nSPS) is 27.8. The molecule has 0 radical (unpaired) electrons. The second-order valence-electron chi connectivity index (χ2n) is 13.2. The first-order valence-electron chi connectivity index (χ1n) is 15.2. The molecule has 0 bridgehead atoms. The third-order valence-electron chi connectivity index (χ3n) is 7.81. The Hall–Kier alpha value is -3.22. The van der Waals surface area contributed by atoms with Crippen LogP contribution in [-0.2, 0) is 43.0 Å². The molecule has 1 fully saturated rings. The van der Waals surface area contributed by atoms with Crippen LogP contribution >= 0.6 is 0 Å². The summed E-state index contributed by atoms with van der Waals surface area (Å²) >= 11 is 0. The Morgan fingerprint density at radius 2 is 0.773 bits per heavy atom. The van der Waals surface area contributed by atoms with Gasteiger partial charge >= 0.3 is 17.9 Å². The van der Waals surface area contributed by atoms with Crippen molar-refractivity contribution in [3.05, 3.63) is 0 Å². The fraction of sp³-hybridized carbons (Fsp3) is 0.806. The molecule has 1 heterocycles. The Morgan fingerprint density at radius 1 is 0.500 bits per heavy atom. The monoisotopic (exact) mass is 627 g/mol. The van der Waals surface area contributed by atoms with Crippen molar-refractivity contribution in [2.75, 3.05) is 27.7 Å². The summed E-state index contributed by atoms with van der Waals surface area (Å²) in [7, 11) is 4.04. The van der Waals surface area contributed by atoms with E-state index in [0.29, 0.717) is 0 Å². The first-order valence-corrected chi connectivity index (χ1v) is 15.2. The molecule has 44 heavy (non-hydrogen) atoms. The van der Waals surface area contributed by atoms with Gasteiger partial charge in [0.1, 0.15) is 12.1 Å². The molecule has 1 saturated heterocycles. The van der Waals surface area contributed by atoms with E-state index in [1.165, 1.54) is 21.1 Å². The van der Waals surface area contributed by atoms with E-state index >= 15 is 0 Å². The molecule has 1 aliphatic rings. The number of hydrogen-bond donors (Lipinski definition) is 1. The number of rotatable bonds is 6. The number of cyclic esters (lactones) is 3. The molecule has 0 spiro atoms. The fourth-order valence-corrected chi connectivity index (χ4v) is 5.15. The molecule has 252 valence electrons. The Labute approximate surface area is 261 Å². The Balaban J connectivity index is 3.88. The molecule has 0 saturated carbocycles. The summed E-state index contributed by atoms with van der Waals surface area (Å²) in [6.07, 6.45) is -4.06. The van der Waals surface area contributed by atoms with Gasteiger partial charge in [0.2, 0.25) is 0 Å².